The van der Waals surface area contributed by atoms with E-state index in [1.807, 2.05) is 26.0 Å². The highest BCUT2D eigenvalue weighted by atomic mass is 32.2. The van der Waals surface area contributed by atoms with Crippen LogP contribution >= 0.6 is 11.8 Å². The molecule has 1 unspecified atom stereocenters. The zero-order chi connectivity index (χ0) is 23.5. The fourth-order valence-corrected chi connectivity index (χ4v) is 4.64. The number of rotatable bonds is 7. The first-order valence-electron chi connectivity index (χ1n) is 11.1. The Balaban J connectivity index is 1.95. The highest BCUT2D eigenvalue weighted by molar-refractivity contribution is 7.99. The van der Waals surface area contributed by atoms with E-state index in [9.17, 15) is 9.59 Å². The van der Waals surface area contributed by atoms with Crippen LogP contribution in [0.2, 0.25) is 0 Å². The molecule has 2 aromatic rings. The molecule has 8 heteroatoms. The SMILES string of the molecule is CCCCC(C)N1CC(C)(C)C(=O)N(C)c2cnc(Sc3ccc(C(=O)NC)cc3)nc21. The average Bonchev–Trinajstić information content (AvgIpc) is 2.86. The summed E-state index contributed by atoms with van der Waals surface area (Å²) in [5.74, 6) is 0.752. The van der Waals surface area contributed by atoms with Gasteiger partial charge in [-0.2, -0.15) is 0 Å². The van der Waals surface area contributed by atoms with Gasteiger partial charge in [-0.15, -0.1) is 0 Å². The number of amides is 2. The van der Waals surface area contributed by atoms with Crippen LogP contribution in [-0.4, -0.2) is 48.5 Å². The number of carbonyl (C=O) groups is 2. The Morgan fingerprint density at radius 2 is 1.97 bits per heavy atom. The van der Waals surface area contributed by atoms with Crippen molar-refractivity contribution in [3.05, 3.63) is 36.0 Å². The Bertz CT molecular complexity index is 977. The zero-order valence-corrected chi connectivity index (χ0v) is 20.6. The molecule has 1 atom stereocenters. The number of nitrogens with zero attached hydrogens (tertiary/aromatic N) is 4. The Labute approximate surface area is 195 Å². The second kappa shape index (κ2) is 9.90. The molecule has 0 saturated carbocycles. The van der Waals surface area contributed by atoms with Crippen molar-refractivity contribution in [2.24, 2.45) is 5.41 Å². The molecule has 0 aliphatic carbocycles. The van der Waals surface area contributed by atoms with Crippen molar-refractivity contribution in [3.63, 3.8) is 0 Å². The minimum Gasteiger partial charge on any atom is -0.355 e. The van der Waals surface area contributed by atoms with Crippen LogP contribution < -0.4 is 15.1 Å². The molecule has 32 heavy (non-hydrogen) atoms. The lowest BCUT2D eigenvalue weighted by molar-refractivity contribution is -0.125. The fourth-order valence-electron chi connectivity index (χ4n) is 3.92. The average molecular weight is 456 g/mol. The molecule has 3 rings (SSSR count). The summed E-state index contributed by atoms with van der Waals surface area (Å²) < 4.78 is 0. The van der Waals surface area contributed by atoms with Gasteiger partial charge in [0.25, 0.3) is 5.91 Å². The van der Waals surface area contributed by atoms with Crippen molar-refractivity contribution in [1.82, 2.24) is 15.3 Å². The van der Waals surface area contributed by atoms with Crippen molar-refractivity contribution in [3.8, 4) is 0 Å². The smallest absolute Gasteiger partial charge is 0.251 e. The molecule has 0 radical (unpaired) electrons. The van der Waals surface area contributed by atoms with Gasteiger partial charge in [-0.25, -0.2) is 9.97 Å². The van der Waals surface area contributed by atoms with E-state index in [-0.39, 0.29) is 17.9 Å². The molecule has 1 aromatic heterocycles. The maximum atomic E-state index is 13.1. The van der Waals surface area contributed by atoms with E-state index in [1.165, 1.54) is 11.8 Å². The molecule has 2 heterocycles. The molecule has 2 amide bonds. The normalized spacial score (nSPS) is 16.4. The third-order valence-corrected chi connectivity index (χ3v) is 6.76. The van der Waals surface area contributed by atoms with Crippen molar-refractivity contribution >= 4 is 35.1 Å². The summed E-state index contributed by atoms with van der Waals surface area (Å²) in [6.07, 6.45) is 5.05. The second-order valence-corrected chi connectivity index (χ2v) is 9.97. The van der Waals surface area contributed by atoms with Crippen LogP contribution in [0.25, 0.3) is 0 Å². The molecule has 0 saturated heterocycles. The monoisotopic (exact) mass is 455 g/mol. The van der Waals surface area contributed by atoms with E-state index in [0.29, 0.717) is 17.3 Å². The predicted octanol–water partition coefficient (Wildman–Crippen LogP) is 4.38. The number of fused-ring (bicyclic) bond motifs is 1. The largest absolute Gasteiger partial charge is 0.355 e. The Morgan fingerprint density at radius 1 is 1.28 bits per heavy atom. The van der Waals surface area contributed by atoms with E-state index in [1.54, 1.807) is 37.3 Å². The van der Waals surface area contributed by atoms with Crippen LogP contribution in [0.3, 0.4) is 0 Å². The molecular weight excluding hydrogens is 422 g/mol. The number of hydrogen-bond acceptors (Lipinski definition) is 6. The quantitative estimate of drug-likeness (QED) is 0.625. The maximum absolute atomic E-state index is 13.1. The first-order chi connectivity index (χ1) is 15.2. The molecule has 0 spiro atoms. The number of nitrogens with one attached hydrogen (secondary N) is 1. The van der Waals surface area contributed by atoms with Gasteiger partial charge in [-0.1, -0.05) is 19.8 Å². The van der Waals surface area contributed by atoms with Crippen LogP contribution in [0.1, 0.15) is 57.3 Å². The number of benzene rings is 1. The third-order valence-electron chi connectivity index (χ3n) is 5.87. The standard InChI is InChI=1S/C24H33N5O2S/c1-7-8-9-16(2)29-15-24(3,4)22(31)28(6)19-14-26-23(27-20(19)29)32-18-12-10-17(11-13-18)21(30)25-5/h10-14,16H,7-9,15H2,1-6H3,(H,25,30). The molecule has 1 N–H and O–H groups in total. The lowest BCUT2D eigenvalue weighted by Crippen LogP contribution is -2.45. The maximum Gasteiger partial charge on any atom is 0.251 e. The first kappa shape index (κ1) is 24.0. The van der Waals surface area contributed by atoms with Crippen LogP contribution in [-0.2, 0) is 4.79 Å². The minimum atomic E-state index is -0.529. The highest BCUT2D eigenvalue weighted by Crippen LogP contribution is 2.39. The first-order valence-corrected chi connectivity index (χ1v) is 11.9. The van der Waals surface area contributed by atoms with Crippen molar-refractivity contribution in [2.45, 2.75) is 63.1 Å². The molecule has 7 nitrogen and oxygen atoms in total. The Morgan fingerprint density at radius 3 is 2.59 bits per heavy atom. The van der Waals surface area contributed by atoms with E-state index in [2.05, 4.69) is 29.0 Å². The van der Waals surface area contributed by atoms with Gasteiger partial charge in [0, 0.05) is 37.1 Å². The molecule has 0 bridgehead atoms. The van der Waals surface area contributed by atoms with Gasteiger partial charge < -0.3 is 15.1 Å². The summed E-state index contributed by atoms with van der Waals surface area (Å²) in [7, 11) is 3.42. The van der Waals surface area contributed by atoms with Crippen molar-refractivity contribution in [1.29, 1.82) is 0 Å². The van der Waals surface area contributed by atoms with E-state index in [0.717, 1.165) is 35.7 Å². The number of aromatic nitrogens is 2. The number of carbonyl (C=O) groups excluding carboxylic acids is 2. The minimum absolute atomic E-state index is 0.0673. The van der Waals surface area contributed by atoms with Gasteiger partial charge in [-0.05, 0) is 63.2 Å². The summed E-state index contributed by atoms with van der Waals surface area (Å²) in [5.41, 5.74) is 0.820. The summed E-state index contributed by atoms with van der Waals surface area (Å²) in [6.45, 7) is 8.99. The molecule has 1 aliphatic heterocycles. The van der Waals surface area contributed by atoms with Crippen LogP contribution in [0.5, 0.6) is 0 Å². The molecule has 0 fully saturated rings. The third kappa shape index (κ3) is 5.06. The Kier molecular flexibility index (Phi) is 7.44. The van der Waals surface area contributed by atoms with Crippen LogP contribution in [0, 0.1) is 5.41 Å². The highest BCUT2D eigenvalue weighted by Gasteiger charge is 2.40. The Hall–Kier alpha value is -2.61. The second-order valence-electron chi connectivity index (χ2n) is 8.93. The van der Waals surface area contributed by atoms with Crippen LogP contribution in [0.4, 0.5) is 11.5 Å². The van der Waals surface area contributed by atoms with Gasteiger partial charge >= 0.3 is 0 Å². The summed E-state index contributed by atoms with van der Waals surface area (Å²) in [5, 5.41) is 3.24. The summed E-state index contributed by atoms with van der Waals surface area (Å²) in [4.78, 5) is 39.2. The molecule has 1 aromatic carbocycles. The van der Waals surface area contributed by atoms with Gasteiger partial charge in [-0.3, -0.25) is 9.59 Å². The van der Waals surface area contributed by atoms with E-state index < -0.39 is 5.41 Å². The molecule has 172 valence electrons. The predicted molar refractivity (Wildman–Crippen MR) is 130 cm³/mol. The van der Waals surface area contributed by atoms with Crippen LogP contribution in [0.15, 0.2) is 40.5 Å². The molecular formula is C24H33N5O2S. The lowest BCUT2D eigenvalue weighted by Gasteiger charge is -2.34. The topological polar surface area (TPSA) is 78.4 Å². The number of anilines is 2. The van der Waals surface area contributed by atoms with Crippen molar-refractivity contribution in [2.75, 3.05) is 30.4 Å². The van der Waals surface area contributed by atoms with Gasteiger partial charge in [0.05, 0.1) is 11.6 Å². The van der Waals surface area contributed by atoms with E-state index in [4.69, 9.17) is 4.98 Å². The van der Waals surface area contributed by atoms with Gasteiger partial charge in [0.15, 0.2) is 11.0 Å². The summed E-state index contributed by atoms with van der Waals surface area (Å²) >= 11 is 1.44. The van der Waals surface area contributed by atoms with Gasteiger partial charge in [0.1, 0.15) is 5.69 Å². The fraction of sp³-hybridized carbons (Fsp3) is 0.500. The number of hydrogen-bond donors (Lipinski definition) is 1. The lowest BCUT2D eigenvalue weighted by atomic mass is 9.90. The number of unbranched alkanes of at least 4 members (excludes halogenated alkanes) is 1. The zero-order valence-electron chi connectivity index (χ0n) is 19.8. The summed E-state index contributed by atoms with van der Waals surface area (Å²) in [6, 6.07) is 7.62. The van der Waals surface area contributed by atoms with Gasteiger partial charge in [0.2, 0.25) is 5.91 Å². The van der Waals surface area contributed by atoms with E-state index >= 15 is 0 Å². The molecule has 1 aliphatic rings. The van der Waals surface area contributed by atoms with Crippen molar-refractivity contribution < 1.29 is 9.59 Å².